The third kappa shape index (κ3) is 2.92. The summed E-state index contributed by atoms with van der Waals surface area (Å²) in [6.07, 6.45) is 3.54. The zero-order valence-corrected chi connectivity index (χ0v) is 9.92. The van der Waals surface area contributed by atoms with Crippen molar-refractivity contribution in [1.82, 2.24) is 10.3 Å². The zero-order chi connectivity index (χ0) is 13.0. The van der Waals surface area contributed by atoms with Crippen LogP contribution in [0.2, 0.25) is 0 Å². The lowest BCUT2D eigenvalue weighted by Crippen LogP contribution is -2.13. The van der Waals surface area contributed by atoms with E-state index in [1.807, 2.05) is 13.0 Å². The first kappa shape index (κ1) is 12.3. The Morgan fingerprint density at radius 1 is 1.39 bits per heavy atom. The summed E-state index contributed by atoms with van der Waals surface area (Å²) in [6, 6.07) is 4.89. The van der Waals surface area contributed by atoms with E-state index in [9.17, 15) is 10.1 Å². The first-order valence-electron chi connectivity index (χ1n) is 5.50. The number of hydrogen-bond acceptors (Lipinski definition) is 5. The van der Waals surface area contributed by atoms with Gasteiger partial charge in [-0.3, -0.25) is 15.1 Å². The Kier molecular flexibility index (Phi) is 3.69. The van der Waals surface area contributed by atoms with Crippen LogP contribution in [0, 0.1) is 17.0 Å². The fraction of sp³-hybridized carbons (Fsp3) is 0.250. The lowest BCUT2D eigenvalue weighted by molar-refractivity contribution is -0.402. The summed E-state index contributed by atoms with van der Waals surface area (Å²) in [5.41, 5.74) is 2.25. The van der Waals surface area contributed by atoms with Gasteiger partial charge in [-0.05, 0) is 30.2 Å². The number of nitrogens with zero attached hydrogens (tertiary/aromatic N) is 2. The summed E-state index contributed by atoms with van der Waals surface area (Å²) in [6.45, 7) is 3.11. The normalized spacial score (nSPS) is 10.5. The maximum Gasteiger partial charge on any atom is 0.433 e. The van der Waals surface area contributed by atoms with Crippen molar-refractivity contribution in [2.24, 2.45) is 0 Å². The van der Waals surface area contributed by atoms with Gasteiger partial charge in [0.15, 0.2) is 0 Å². The Balaban J connectivity index is 1.88. The molecular weight excluding hydrogens is 234 g/mol. The number of nitro groups is 1. The van der Waals surface area contributed by atoms with E-state index in [1.165, 1.54) is 6.07 Å². The lowest BCUT2D eigenvalue weighted by atomic mass is 10.1. The summed E-state index contributed by atoms with van der Waals surface area (Å²) >= 11 is 0. The van der Waals surface area contributed by atoms with Crippen LogP contribution in [0.4, 0.5) is 5.88 Å². The van der Waals surface area contributed by atoms with Crippen LogP contribution in [0.15, 0.2) is 35.0 Å². The van der Waals surface area contributed by atoms with Crippen LogP contribution in [-0.2, 0) is 13.1 Å². The molecule has 0 saturated carbocycles. The van der Waals surface area contributed by atoms with E-state index in [0.29, 0.717) is 18.8 Å². The summed E-state index contributed by atoms with van der Waals surface area (Å²) in [7, 11) is 0. The molecule has 2 aromatic heterocycles. The molecular formula is C12H13N3O3. The van der Waals surface area contributed by atoms with Gasteiger partial charge in [0.05, 0.1) is 12.6 Å². The molecule has 1 N–H and O–H groups in total. The van der Waals surface area contributed by atoms with E-state index in [0.717, 1.165) is 11.1 Å². The maximum atomic E-state index is 10.4. The molecule has 0 radical (unpaired) electrons. The topological polar surface area (TPSA) is 81.2 Å². The van der Waals surface area contributed by atoms with Crippen molar-refractivity contribution in [2.45, 2.75) is 20.0 Å². The molecule has 6 nitrogen and oxygen atoms in total. The van der Waals surface area contributed by atoms with Crippen molar-refractivity contribution in [2.75, 3.05) is 0 Å². The van der Waals surface area contributed by atoms with Gasteiger partial charge in [0.1, 0.15) is 10.7 Å². The third-order valence-electron chi connectivity index (χ3n) is 2.58. The largest absolute Gasteiger partial charge is 0.433 e. The van der Waals surface area contributed by atoms with Crippen molar-refractivity contribution in [1.29, 1.82) is 0 Å². The van der Waals surface area contributed by atoms with Crippen LogP contribution in [-0.4, -0.2) is 9.91 Å². The first-order chi connectivity index (χ1) is 8.66. The predicted octanol–water partition coefficient (Wildman–Crippen LogP) is 2.18. The molecule has 94 valence electrons. The average Bonchev–Trinajstić information content (AvgIpc) is 2.80. The van der Waals surface area contributed by atoms with Crippen molar-refractivity contribution in [3.05, 3.63) is 57.6 Å². The molecule has 0 fully saturated rings. The van der Waals surface area contributed by atoms with E-state index < -0.39 is 4.92 Å². The van der Waals surface area contributed by atoms with Gasteiger partial charge in [-0.15, -0.1) is 0 Å². The molecule has 2 heterocycles. The van der Waals surface area contributed by atoms with Crippen LogP contribution in [0.5, 0.6) is 0 Å². The average molecular weight is 247 g/mol. The Hall–Kier alpha value is -2.21. The Morgan fingerprint density at radius 2 is 2.22 bits per heavy atom. The SMILES string of the molecule is Cc1cnccc1CNCc1ccc([N+](=O)[O-])o1. The van der Waals surface area contributed by atoms with Crippen LogP contribution in [0.25, 0.3) is 0 Å². The van der Waals surface area contributed by atoms with Crippen molar-refractivity contribution >= 4 is 5.88 Å². The van der Waals surface area contributed by atoms with Gasteiger partial charge in [0.2, 0.25) is 0 Å². The standard InChI is InChI=1S/C12H13N3O3/c1-9-6-13-5-4-10(9)7-14-8-11-2-3-12(18-11)15(16)17/h2-6,14H,7-8H2,1H3. The highest BCUT2D eigenvalue weighted by Gasteiger charge is 2.11. The molecule has 0 saturated heterocycles. The number of furan rings is 1. The minimum Gasteiger partial charge on any atom is -0.404 e. The lowest BCUT2D eigenvalue weighted by Gasteiger charge is -2.05. The maximum absolute atomic E-state index is 10.4. The van der Waals surface area contributed by atoms with E-state index >= 15 is 0 Å². The predicted molar refractivity (Wildman–Crippen MR) is 64.9 cm³/mol. The highest BCUT2D eigenvalue weighted by molar-refractivity contribution is 5.21. The number of rotatable bonds is 5. The summed E-state index contributed by atoms with van der Waals surface area (Å²) in [5, 5.41) is 13.6. The fourth-order valence-electron chi connectivity index (χ4n) is 1.58. The molecule has 2 aromatic rings. The minimum atomic E-state index is -0.545. The molecule has 0 bridgehead atoms. The van der Waals surface area contributed by atoms with Crippen LogP contribution in [0.3, 0.4) is 0 Å². The van der Waals surface area contributed by atoms with Gasteiger partial charge >= 0.3 is 5.88 Å². The molecule has 0 aromatic carbocycles. The molecule has 0 aliphatic carbocycles. The van der Waals surface area contributed by atoms with Crippen LogP contribution in [0.1, 0.15) is 16.9 Å². The fourth-order valence-corrected chi connectivity index (χ4v) is 1.58. The van der Waals surface area contributed by atoms with E-state index in [1.54, 1.807) is 18.5 Å². The number of hydrogen-bond donors (Lipinski definition) is 1. The molecule has 2 rings (SSSR count). The van der Waals surface area contributed by atoms with Gasteiger partial charge in [0.25, 0.3) is 0 Å². The Morgan fingerprint density at radius 3 is 2.89 bits per heavy atom. The van der Waals surface area contributed by atoms with Crippen molar-refractivity contribution in [3.8, 4) is 0 Å². The van der Waals surface area contributed by atoms with Gasteiger partial charge in [-0.2, -0.15) is 0 Å². The first-order valence-corrected chi connectivity index (χ1v) is 5.50. The monoisotopic (exact) mass is 247 g/mol. The van der Waals surface area contributed by atoms with Crippen molar-refractivity contribution in [3.63, 3.8) is 0 Å². The summed E-state index contributed by atoms with van der Waals surface area (Å²) < 4.78 is 5.04. The number of aryl methyl sites for hydroxylation is 1. The van der Waals surface area contributed by atoms with Gasteiger partial charge in [-0.1, -0.05) is 0 Å². The van der Waals surface area contributed by atoms with Gasteiger partial charge < -0.3 is 9.73 Å². The highest BCUT2D eigenvalue weighted by Crippen LogP contribution is 2.15. The van der Waals surface area contributed by atoms with Gasteiger partial charge in [0, 0.05) is 18.9 Å². The molecule has 18 heavy (non-hydrogen) atoms. The quantitative estimate of drug-likeness (QED) is 0.647. The van der Waals surface area contributed by atoms with Crippen molar-refractivity contribution < 1.29 is 9.34 Å². The molecule has 0 amide bonds. The summed E-state index contributed by atoms with van der Waals surface area (Å²) in [5.74, 6) is 0.320. The van der Waals surface area contributed by atoms with Crippen LogP contribution < -0.4 is 5.32 Å². The molecule has 6 heteroatoms. The van der Waals surface area contributed by atoms with E-state index in [4.69, 9.17) is 4.42 Å². The second-order valence-electron chi connectivity index (χ2n) is 3.90. The Bertz CT molecular complexity index is 551. The molecule has 0 aliphatic rings. The van der Waals surface area contributed by atoms with E-state index in [2.05, 4.69) is 10.3 Å². The van der Waals surface area contributed by atoms with Crippen LogP contribution >= 0.6 is 0 Å². The number of aromatic nitrogens is 1. The third-order valence-corrected chi connectivity index (χ3v) is 2.58. The second kappa shape index (κ2) is 5.42. The van der Waals surface area contributed by atoms with Gasteiger partial charge in [-0.25, -0.2) is 0 Å². The van der Waals surface area contributed by atoms with E-state index in [-0.39, 0.29) is 5.88 Å². The minimum absolute atomic E-state index is 0.230. The molecule has 0 atom stereocenters. The zero-order valence-electron chi connectivity index (χ0n) is 9.92. The number of nitrogens with one attached hydrogen (secondary N) is 1. The smallest absolute Gasteiger partial charge is 0.404 e. The second-order valence-corrected chi connectivity index (χ2v) is 3.90. The molecule has 0 aliphatic heterocycles. The summed E-state index contributed by atoms with van der Waals surface area (Å²) in [4.78, 5) is 13.9. The highest BCUT2D eigenvalue weighted by atomic mass is 16.6. The molecule has 0 spiro atoms. The number of pyridine rings is 1. The molecule has 0 unspecified atom stereocenters. The Labute approximate surface area is 104 Å².